The average molecular weight is 286 g/mol. The van der Waals surface area contributed by atoms with Gasteiger partial charge in [-0.15, -0.1) is 0 Å². The number of hydrogen-bond donors (Lipinski definition) is 1. The van der Waals surface area contributed by atoms with Gasteiger partial charge in [0.2, 0.25) is 0 Å². The highest BCUT2D eigenvalue weighted by atomic mass is 19.4. The number of rotatable bonds is 6. The van der Waals surface area contributed by atoms with E-state index in [4.69, 9.17) is 5.11 Å². The van der Waals surface area contributed by atoms with Crippen LogP contribution in [0.25, 0.3) is 0 Å². The second-order valence-corrected chi connectivity index (χ2v) is 3.45. The number of halogens is 7. The molecule has 0 aliphatic rings. The Kier molecular flexibility index (Phi) is 4.98. The van der Waals surface area contributed by atoms with Crippen molar-refractivity contribution in [2.75, 3.05) is 0 Å². The van der Waals surface area contributed by atoms with Crippen molar-refractivity contribution in [3.05, 3.63) is 0 Å². The number of carboxylic acids is 1. The lowest BCUT2D eigenvalue weighted by Crippen LogP contribution is -2.54. The van der Waals surface area contributed by atoms with Crippen LogP contribution in [0.4, 0.5) is 30.7 Å². The Morgan fingerprint density at radius 3 is 1.94 bits per heavy atom. The fraction of sp³-hybridized carbons (Fsp3) is 0.875. The summed E-state index contributed by atoms with van der Waals surface area (Å²) in [5.74, 6) is -7.77. The predicted molar refractivity (Wildman–Crippen MR) is 43.4 cm³/mol. The van der Waals surface area contributed by atoms with Gasteiger partial charge >= 0.3 is 24.2 Å². The standard InChI is InChI=1S/C8H9F7O3/c1-4(2-3-5(16)17)18-8(14,15)6(9,10)7(11,12)13/h4H,2-3H2,1H3,(H,16,17). The van der Waals surface area contributed by atoms with Gasteiger partial charge in [-0.05, 0) is 13.3 Å². The van der Waals surface area contributed by atoms with Gasteiger partial charge in [0, 0.05) is 6.42 Å². The molecule has 0 aromatic heterocycles. The molecule has 0 heterocycles. The van der Waals surface area contributed by atoms with Gasteiger partial charge in [-0.2, -0.15) is 30.7 Å². The van der Waals surface area contributed by atoms with Crippen LogP contribution in [0.15, 0.2) is 0 Å². The molecular weight excluding hydrogens is 277 g/mol. The molecule has 18 heavy (non-hydrogen) atoms. The molecule has 1 atom stereocenters. The third-order valence-corrected chi connectivity index (χ3v) is 1.84. The monoisotopic (exact) mass is 286 g/mol. The first-order valence-electron chi connectivity index (χ1n) is 4.53. The lowest BCUT2D eigenvalue weighted by molar-refractivity contribution is -0.430. The van der Waals surface area contributed by atoms with E-state index in [0.29, 0.717) is 0 Å². The molecule has 0 amide bonds. The minimum absolute atomic E-state index is 0.626. The van der Waals surface area contributed by atoms with Crippen molar-refractivity contribution < 1.29 is 45.4 Å². The molecule has 0 spiro atoms. The Hall–Kier alpha value is -1.06. The maximum atomic E-state index is 12.6. The molecular formula is C8H9F7O3. The molecule has 0 aliphatic carbocycles. The maximum Gasteiger partial charge on any atom is 0.462 e. The fourth-order valence-corrected chi connectivity index (χ4v) is 0.877. The van der Waals surface area contributed by atoms with Crippen molar-refractivity contribution in [2.24, 2.45) is 0 Å². The molecule has 0 rings (SSSR count). The normalized spacial score (nSPS) is 15.6. The third-order valence-electron chi connectivity index (χ3n) is 1.84. The zero-order valence-electron chi connectivity index (χ0n) is 8.90. The Balaban J connectivity index is 4.69. The van der Waals surface area contributed by atoms with Gasteiger partial charge in [0.1, 0.15) is 0 Å². The molecule has 0 radical (unpaired) electrons. The second-order valence-electron chi connectivity index (χ2n) is 3.45. The van der Waals surface area contributed by atoms with Crippen molar-refractivity contribution in [3.8, 4) is 0 Å². The van der Waals surface area contributed by atoms with Crippen LogP contribution in [0.5, 0.6) is 0 Å². The maximum absolute atomic E-state index is 12.6. The number of carbonyl (C=O) groups is 1. The topological polar surface area (TPSA) is 46.5 Å². The van der Waals surface area contributed by atoms with Gasteiger partial charge in [0.15, 0.2) is 0 Å². The predicted octanol–water partition coefficient (Wildman–Crippen LogP) is 3.05. The Bertz CT molecular complexity index is 300. The summed E-state index contributed by atoms with van der Waals surface area (Å²) in [5, 5.41) is 8.18. The summed E-state index contributed by atoms with van der Waals surface area (Å²) in [6.07, 6.45) is -15.3. The molecule has 0 fully saturated rings. The van der Waals surface area contributed by atoms with E-state index >= 15 is 0 Å². The quantitative estimate of drug-likeness (QED) is 0.763. The summed E-state index contributed by atoms with van der Waals surface area (Å²) < 4.78 is 88.3. The van der Waals surface area contributed by atoms with Gasteiger partial charge in [0.05, 0.1) is 6.10 Å². The van der Waals surface area contributed by atoms with Crippen molar-refractivity contribution >= 4 is 5.97 Å². The second kappa shape index (κ2) is 5.29. The van der Waals surface area contributed by atoms with E-state index in [1.807, 2.05) is 0 Å². The number of alkyl halides is 7. The van der Waals surface area contributed by atoms with Crippen molar-refractivity contribution in [2.45, 2.75) is 44.1 Å². The molecule has 10 heteroatoms. The van der Waals surface area contributed by atoms with Crippen LogP contribution in [0, 0.1) is 0 Å². The molecule has 0 aromatic carbocycles. The van der Waals surface area contributed by atoms with Gasteiger partial charge in [-0.1, -0.05) is 0 Å². The molecule has 0 saturated heterocycles. The molecule has 0 saturated carbocycles. The Morgan fingerprint density at radius 1 is 1.17 bits per heavy atom. The summed E-state index contributed by atoms with van der Waals surface area (Å²) in [6, 6.07) is 0. The number of ether oxygens (including phenoxy) is 1. The summed E-state index contributed by atoms with van der Waals surface area (Å²) in [5.41, 5.74) is 0. The molecule has 0 aromatic rings. The summed E-state index contributed by atoms with van der Waals surface area (Å²) in [6.45, 7) is 0.767. The minimum atomic E-state index is -6.47. The van der Waals surface area contributed by atoms with Crippen LogP contribution in [-0.2, 0) is 9.53 Å². The van der Waals surface area contributed by atoms with Crippen LogP contribution in [0.3, 0.4) is 0 Å². The first kappa shape index (κ1) is 16.9. The zero-order valence-corrected chi connectivity index (χ0v) is 8.90. The van der Waals surface area contributed by atoms with E-state index in [1.165, 1.54) is 0 Å². The largest absolute Gasteiger partial charge is 0.481 e. The van der Waals surface area contributed by atoms with Gasteiger partial charge in [0.25, 0.3) is 0 Å². The minimum Gasteiger partial charge on any atom is -0.481 e. The highest BCUT2D eigenvalue weighted by molar-refractivity contribution is 5.66. The molecule has 108 valence electrons. The van der Waals surface area contributed by atoms with E-state index in [2.05, 4.69) is 4.74 Å². The van der Waals surface area contributed by atoms with Crippen molar-refractivity contribution in [1.29, 1.82) is 0 Å². The number of carboxylic acid groups (broad SMARTS) is 1. The van der Waals surface area contributed by atoms with Crippen LogP contribution >= 0.6 is 0 Å². The number of hydrogen-bond acceptors (Lipinski definition) is 2. The Labute approximate surface area is 96.5 Å². The van der Waals surface area contributed by atoms with Crippen molar-refractivity contribution in [3.63, 3.8) is 0 Å². The lowest BCUT2D eigenvalue weighted by Gasteiger charge is -2.29. The first-order valence-corrected chi connectivity index (χ1v) is 4.53. The van der Waals surface area contributed by atoms with Crippen LogP contribution in [0.2, 0.25) is 0 Å². The van der Waals surface area contributed by atoms with Crippen molar-refractivity contribution in [1.82, 2.24) is 0 Å². The van der Waals surface area contributed by atoms with E-state index in [9.17, 15) is 35.5 Å². The van der Waals surface area contributed by atoms with Crippen LogP contribution in [-0.4, -0.2) is 35.4 Å². The molecule has 0 bridgehead atoms. The third kappa shape index (κ3) is 4.00. The van der Waals surface area contributed by atoms with Gasteiger partial charge in [-0.25, -0.2) is 0 Å². The van der Waals surface area contributed by atoms with E-state index < -0.39 is 43.1 Å². The molecule has 3 nitrogen and oxygen atoms in total. The zero-order chi connectivity index (χ0) is 14.8. The van der Waals surface area contributed by atoms with Crippen LogP contribution in [0.1, 0.15) is 19.8 Å². The molecule has 1 N–H and O–H groups in total. The molecule has 0 aliphatic heterocycles. The SMILES string of the molecule is CC(CCC(=O)O)OC(F)(F)C(F)(F)C(F)(F)F. The van der Waals surface area contributed by atoms with Crippen LogP contribution < -0.4 is 0 Å². The van der Waals surface area contributed by atoms with Gasteiger partial charge in [-0.3, -0.25) is 4.79 Å². The average Bonchev–Trinajstić information content (AvgIpc) is 2.11. The summed E-state index contributed by atoms with van der Waals surface area (Å²) >= 11 is 0. The highest BCUT2D eigenvalue weighted by Crippen LogP contribution is 2.47. The Morgan fingerprint density at radius 2 is 1.61 bits per heavy atom. The van der Waals surface area contributed by atoms with E-state index in [-0.39, 0.29) is 0 Å². The highest BCUT2D eigenvalue weighted by Gasteiger charge is 2.74. The van der Waals surface area contributed by atoms with E-state index in [0.717, 1.165) is 6.92 Å². The number of aliphatic carboxylic acids is 1. The van der Waals surface area contributed by atoms with E-state index in [1.54, 1.807) is 0 Å². The smallest absolute Gasteiger partial charge is 0.462 e. The van der Waals surface area contributed by atoms with Gasteiger partial charge < -0.3 is 9.84 Å². The lowest BCUT2D eigenvalue weighted by atomic mass is 10.2. The molecule has 1 unspecified atom stereocenters. The summed E-state index contributed by atoms with van der Waals surface area (Å²) in [4.78, 5) is 10.1. The fourth-order valence-electron chi connectivity index (χ4n) is 0.877. The summed E-state index contributed by atoms with van der Waals surface area (Å²) in [7, 11) is 0. The first-order chi connectivity index (χ1) is 7.81.